The molecule has 3 aromatic heterocycles. The minimum Gasteiger partial charge on any atom is -0.444 e. The van der Waals surface area contributed by atoms with Crippen molar-refractivity contribution in [2.24, 2.45) is 0 Å². The quantitative estimate of drug-likeness (QED) is 0.369. The van der Waals surface area contributed by atoms with Gasteiger partial charge in [0.2, 0.25) is 15.9 Å². The molecule has 31 heavy (non-hydrogen) atoms. The third-order valence-electron chi connectivity index (χ3n) is 4.89. The minimum atomic E-state index is -3.56. The van der Waals surface area contributed by atoms with Crippen molar-refractivity contribution in [2.75, 3.05) is 13.1 Å². The SMILES string of the molecule is CCN(CC)S(=O)(=O)c1ccc2nnc(SCc3coc(-c4ccc(C)cc4)n3)n2c1. The molecule has 0 atom stereocenters. The highest BCUT2D eigenvalue weighted by Crippen LogP contribution is 2.26. The number of hydrogen-bond acceptors (Lipinski definition) is 7. The van der Waals surface area contributed by atoms with Crippen molar-refractivity contribution >= 4 is 27.4 Å². The van der Waals surface area contributed by atoms with Crippen LogP contribution in [0.4, 0.5) is 0 Å². The summed E-state index contributed by atoms with van der Waals surface area (Å²) in [6.45, 7) is 6.50. The second kappa shape index (κ2) is 8.81. The van der Waals surface area contributed by atoms with Crippen molar-refractivity contribution in [3.05, 3.63) is 60.1 Å². The topological polar surface area (TPSA) is 93.6 Å². The summed E-state index contributed by atoms with van der Waals surface area (Å²) in [5.74, 6) is 1.08. The molecule has 0 bridgehead atoms. The molecule has 0 fully saturated rings. The van der Waals surface area contributed by atoms with E-state index in [1.165, 1.54) is 21.6 Å². The van der Waals surface area contributed by atoms with E-state index >= 15 is 0 Å². The molecular weight excluding hydrogens is 434 g/mol. The van der Waals surface area contributed by atoms with Gasteiger partial charge in [-0.3, -0.25) is 4.40 Å². The summed E-state index contributed by atoms with van der Waals surface area (Å²) >= 11 is 1.42. The summed E-state index contributed by atoms with van der Waals surface area (Å²) in [5, 5.41) is 8.93. The predicted octanol–water partition coefficient (Wildman–Crippen LogP) is 4.02. The highest BCUT2D eigenvalue weighted by Gasteiger charge is 2.23. The van der Waals surface area contributed by atoms with Gasteiger partial charge in [-0.1, -0.05) is 43.3 Å². The normalized spacial score (nSPS) is 12.1. The van der Waals surface area contributed by atoms with Gasteiger partial charge in [0.1, 0.15) is 6.26 Å². The van der Waals surface area contributed by atoms with Gasteiger partial charge in [0.05, 0.1) is 10.6 Å². The van der Waals surface area contributed by atoms with Gasteiger partial charge in [-0.15, -0.1) is 10.2 Å². The zero-order valence-corrected chi connectivity index (χ0v) is 19.2. The molecule has 10 heteroatoms. The summed E-state index contributed by atoms with van der Waals surface area (Å²) in [6, 6.07) is 11.2. The fraction of sp³-hybridized carbons (Fsp3) is 0.286. The van der Waals surface area contributed by atoms with Crippen LogP contribution < -0.4 is 0 Å². The second-order valence-electron chi connectivity index (χ2n) is 6.96. The number of pyridine rings is 1. The van der Waals surface area contributed by atoms with Gasteiger partial charge in [-0.05, 0) is 31.2 Å². The third kappa shape index (κ3) is 4.36. The van der Waals surface area contributed by atoms with Gasteiger partial charge in [-0.2, -0.15) is 4.31 Å². The first kappa shape index (κ1) is 21.5. The largest absolute Gasteiger partial charge is 0.444 e. The van der Waals surface area contributed by atoms with E-state index in [0.717, 1.165) is 11.3 Å². The molecule has 8 nitrogen and oxygen atoms in total. The van der Waals surface area contributed by atoms with Crippen LogP contribution in [-0.4, -0.2) is 45.4 Å². The molecule has 0 N–H and O–H groups in total. The highest BCUT2D eigenvalue weighted by molar-refractivity contribution is 7.98. The van der Waals surface area contributed by atoms with Gasteiger partial charge in [-0.25, -0.2) is 13.4 Å². The van der Waals surface area contributed by atoms with Gasteiger partial charge in [0, 0.05) is 30.6 Å². The average molecular weight is 458 g/mol. The Morgan fingerprint density at radius 2 is 1.81 bits per heavy atom. The van der Waals surface area contributed by atoms with Crippen molar-refractivity contribution in [1.29, 1.82) is 0 Å². The summed E-state index contributed by atoms with van der Waals surface area (Å²) in [5.41, 5.74) is 3.44. The first-order valence-corrected chi connectivity index (χ1v) is 12.3. The number of aryl methyl sites for hydroxylation is 1. The molecule has 4 aromatic rings. The lowest BCUT2D eigenvalue weighted by Crippen LogP contribution is -2.30. The number of fused-ring (bicyclic) bond motifs is 1. The van der Waals surface area contributed by atoms with Crippen LogP contribution in [0.5, 0.6) is 0 Å². The van der Waals surface area contributed by atoms with E-state index < -0.39 is 10.0 Å². The van der Waals surface area contributed by atoms with Crippen molar-refractivity contribution in [2.45, 2.75) is 36.6 Å². The van der Waals surface area contributed by atoms with Gasteiger partial charge in [0.25, 0.3) is 0 Å². The second-order valence-corrected chi connectivity index (χ2v) is 9.84. The Morgan fingerprint density at radius 1 is 1.06 bits per heavy atom. The Bertz CT molecular complexity index is 1290. The monoisotopic (exact) mass is 457 g/mol. The smallest absolute Gasteiger partial charge is 0.244 e. The van der Waals surface area contributed by atoms with E-state index in [0.29, 0.717) is 35.5 Å². The predicted molar refractivity (Wildman–Crippen MR) is 119 cm³/mol. The van der Waals surface area contributed by atoms with Crippen molar-refractivity contribution in [1.82, 2.24) is 23.9 Å². The Labute approximate surface area is 185 Å². The van der Waals surface area contributed by atoms with E-state index in [1.54, 1.807) is 29.0 Å². The zero-order valence-electron chi connectivity index (χ0n) is 17.5. The molecule has 4 rings (SSSR count). The molecule has 0 radical (unpaired) electrons. The van der Waals surface area contributed by atoms with Crippen LogP contribution in [0.25, 0.3) is 17.1 Å². The molecule has 0 saturated heterocycles. The molecule has 1 aromatic carbocycles. The minimum absolute atomic E-state index is 0.216. The van der Waals surface area contributed by atoms with E-state index in [9.17, 15) is 8.42 Å². The summed E-state index contributed by atoms with van der Waals surface area (Å²) in [7, 11) is -3.56. The summed E-state index contributed by atoms with van der Waals surface area (Å²) in [6.07, 6.45) is 3.20. The number of aromatic nitrogens is 4. The Hall–Kier alpha value is -2.69. The maximum atomic E-state index is 12.9. The third-order valence-corrected chi connectivity index (χ3v) is 7.90. The fourth-order valence-corrected chi connectivity index (χ4v) is 5.40. The molecule has 3 heterocycles. The van der Waals surface area contributed by atoms with E-state index in [1.807, 2.05) is 45.0 Å². The van der Waals surface area contributed by atoms with Gasteiger partial charge >= 0.3 is 0 Å². The number of thioether (sulfide) groups is 1. The fourth-order valence-electron chi connectivity index (χ4n) is 3.15. The van der Waals surface area contributed by atoms with Crippen LogP contribution >= 0.6 is 11.8 Å². The maximum Gasteiger partial charge on any atom is 0.244 e. The Morgan fingerprint density at radius 3 is 2.52 bits per heavy atom. The lowest BCUT2D eigenvalue weighted by Gasteiger charge is -2.18. The number of nitrogens with zero attached hydrogens (tertiary/aromatic N) is 5. The van der Waals surface area contributed by atoms with Crippen molar-refractivity contribution in [3.8, 4) is 11.5 Å². The van der Waals surface area contributed by atoms with Crippen LogP contribution in [0.15, 0.2) is 63.3 Å². The number of oxazole rings is 1. The van der Waals surface area contributed by atoms with Crippen molar-refractivity contribution in [3.63, 3.8) is 0 Å². The number of sulfonamides is 1. The van der Waals surface area contributed by atoms with E-state index in [2.05, 4.69) is 15.2 Å². The molecule has 162 valence electrons. The van der Waals surface area contributed by atoms with Crippen LogP contribution in [0.2, 0.25) is 0 Å². The average Bonchev–Trinajstić information content (AvgIpc) is 3.40. The van der Waals surface area contributed by atoms with Gasteiger partial charge < -0.3 is 4.42 Å². The number of rotatable bonds is 8. The lowest BCUT2D eigenvalue weighted by atomic mass is 10.1. The van der Waals surface area contributed by atoms with Crippen LogP contribution in [-0.2, 0) is 15.8 Å². The van der Waals surface area contributed by atoms with Gasteiger partial charge in [0.15, 0.2) is 10.8 Å². The molecule has 0 spiro atoms. The van der Waals surface area contributed by atoms with E-state index in [4.69, 9.17) is 4.42 Å². The Balaban J connectivity index is 1.55. The summed E-state index contributed by atoms with van der Waals surface area (Å²) < 4.78 is 34.4. The number of hydrogen-bond donors (Lipinski definition) is 0. The first-order chi connectivity index (χ1) is 14.9. The molecule has 0 aliphatic heterocycles. The molecule has 0 unspecified atom stereocenters. The molecule has 0 aliphatic rings. The Kier molecular flexibility index (Phi) is 6.12. The van der Waals surface area contributed by atoms with E-state index in [-0.39, 0.29) is 4.90 Å². The van der Waals surface area contributed by atoms with Crippen LogP contribution in [0, 0.1) is 6.92 Å². The lowest BCUT2D eigenvalue weighted by molar-refractivity contribution is 0.445. The number of benzene rings is 1. The maximum absolute atomic E-state index is 12.9. The zero-order chi connectivity index (χ0) is 22.0. The summed E-state index contributed by atoms with van der Waals surface area (Å²) in [4.78, 5) is 4.76. The molecular formula is C21H23N5O3S2. The van der Waals surface area contributed by atoms with Crippen molar-refractivity contribution < 1.29 is 12.8 Å². The molecule has 0 amide bonds. The standard InChI is InChI=1S/C21H23N5O3S2/c1-4-25(5-2)31(27,28)18-10-11-19-23-24-21(26(19)12-18)30-14-17-13-29-20(22-17)16-8-6-15(3)7-9-16/h6-13H,4-5,14H2,1-3H3. The molecule has 0 saturated carbocycles. The highest BCUT2D eigenvalue weighted by atomic mass is 32.2. The van der Waals surface area contributed by atoms with Crippen LogP contribution in [0.1, 0.15) is 25.1 Å². The first-order valence-electron chi connectivity index (χ1n) is 9.91. The van der Waals surface area contributed by atoms with Crippen LogP contribution in [0.3, 0.4) is 0 Å². The molecule has 0 aliphatic carbocycles.